The molecule has 1 fully saturated rings. The number of halogens is 2. The molecule has 1 aromatic carbocycles. The van der Waals surface area contributed by atoms with Crippen molar-refractivity contribution in [1.29, 1.82) is 0 Å². The molecule has 3 nitrogen and oxygen atoms in total. The first-order chi connectivity index (χ1) is 9.09. The van der Waals surface area contributed by atoms with E-state index in [0.29, 0.717) is 23.6 Å². The van der Waals surface area contributed by atoms with Gasteiger partial charge in [0.1, 0.15) is 0 Å². The molecular weight excluding hydrogens is 330 g/mol. The molecule has 1 aromatic rings. The van der Waals surface area contributed by atoms with E-state index >= 15 is 0 Å². The summed E-state index contributed by atoms with van der Waals surface area (Å²) in [5.74, 6) is -0.721. The average Bonchev–Trinajstić information content (AvgIpc) is 2.64. The van der Waals surface area contributed by atoms with E-state index in [0.717, 1.165) is 4.47 Å². The Kier molecular flexibility index (Phi) is 3.23. The summed E-state index contributed by atoms with van der Waals surface area (Å²) in [6, 6.07) is 5.17. The van der Waals surface area contributed by atoms with Crippen molar-refractivity contribution in [3.8, 4) is 0 Å². The van der Waals surface area contributed by atoms with Gasteiger partial charge in [-0.3, -0.25) is 9.59 Å². The summed E-state index contributed by atoms with van der Waals surface area (Å²) < 4.78 is 0.819. The molecule has 0 unspecified atom stereocenters. The van der Waals surface area contributed by atoms with E-state index in [2.05, 4.69) is 15.9 Å². The minimum atomic E-state index is -0.225. The van der Waals surface area contributed by atoms with Crippen molar-refractivity contribution in [3.05, 3.63) is 39.8 Å². The first-order valence-electron chi connectivity index (χ1n) is 6.07. The van der Waals surface area contributed by atoms with Gasteiger partial charge in [-0.05, 0) is 31.0 Å². The van der Waals surface area contributed by atoms with Gasteiger partial charge in [0.2, 0.25) is 11.8 Å². The number of carbonyl (C=O) groups is 2. The van der Waals surface area contributed by atoms with Crippen LogP contribution in [0.4, 0.5) is 5.69 Å². The highest BCUT2D eigenvalue weighted by molar-refractivity contribution is 9.10. The van der Waals surface area contributed by atoms with Crippen LogP contribution in [-0.2, 0) is 9.59 Å². The number of allylic oxidation sites excluding steroid dienone is 2. The normalized spacial score (nSPS) is 25.9. The van der Waals surface area contributed by atoms with Crippen LogP contribution in [0.15, 0.2) is 34.8 Å². The second-order valence-corrected chi connectivity index (χ2v) is 6.09. The Hall–Kier alpha value is -1.13. The molecule has 0 spiro atoms. The number of carbonyl (C=O) groups excluding carboxylic acids is 2. The summed E-state index contributed by atoms with van der Waals surface area (Å²) in [5.41, 5.74) is 0.481. The Morgan fingerprint density at radius 1 is 1.11 bits per heavy atom. The number of nitrogens with zero attached hydrogens (tertiary/aromatic N) is 1. The third-order valence-electron chi connectivity index (χ3n) is 3.66. The number of anilines is 1. The maximum absolute atomic E-state index is 12.4. The summed E-state index contributed by atoms with van der Waals surface area (Å²) in [7, 11) is 0. The van der Waals surface area contributed by atoms with E-state index in [1.807, 2.05) is 12.2 Å². The molecule has 2 aliphatic rings. The molecule has 98 valence electrons. The van der Waals surface area contributed by atoms with Gasteiger partial charge >= 0.3 is 0 Å². The quantitative estimate of drug-likeness (QED) is 0.579. The molecular formula is C14H11BrClNO2. The van der Waals surface area contributed by atoms with Gasteiger partial charge in [0.25, 0.3) is 0 Å². The van der Waals surface area contributed by atoms with E-state index in [1.165, 1.54) is 4.90 Å². The molecule has 0 N–H and O–H groups in total. The summed E-state index contributed by atoms with van der Waals surface area (Å²) in [6.45, 7) is 0. The molecule has 1 saturated heterocycles. The third-order valence-corrected chi connectivity index (χ3v) is 4.45. The second-order valence-electron chi connectivity index (χ2n) is 4.76. The highest BCUT2D eigenvalue weighted by atomic mass is 79.9. The molecule has 5 heteroatoms. The minimum absolute atomic E-state index is 0.136. The lowest BCUT2D eigenvalue weighted by Gasteiger charge is -2.16. The number of amides is 2. The van der Waals surface area contributed by atoms with Crippen LogP contribution in [0.3, 0.4) is 0 Å². The van der Waals surface area contributed by atoms with Gasteiger partial charge in [0.15, 0.2) is 0 Å². The van der Waals surface area contributed by atoms with Crippen LogP contribution in [0.2, 0.25) is 5.02 Å². The van der Waals surface area contributed by atoms with Crippen molar-refractivity contribution in [3.63, 3.8) is 0 Å². The van der Waals surface area contributed by atoms with Gasteiger partial charge in [-0.15, -0.1) is 0 Å². The fourth-order valence-corrected chi connectivity index (χ4v) is 3.46. The molecule has 1 heterocycles. The van der Waals surface area contributed by atoms with Crippen molar-refractivity contribution in [1.82, 2.24) is 0 Å². The van der Waals surface area contributed by atoms with Crippen LogP contribution in [-0.4, -0.2) is 11.8 Å². The number of hydrogen-bond donors (Lipinski definition) is 0. The fourth-order valence-electron chi connectivity index (χ4n) is 2.70. The summed E-state index contributed by atoms with van der Waals surface area (Å²) in [6.07, 6.45) is 5.22. The Morgan fingerprint density at radius 2 is 1.68 bits per heavy atom. The van der Waals surface area contributed by atoms with E-state index in [-0.39, 0.29) is 23.7 Å². The minimum Gasteiger partial charge on any atom is -0.274 e. The van der Waals surface area contributed by atoms with E-state index in [9.17, 15) is 9.59 Å². The van der Waals surface area contributed by atoms with Crippen LogP contribution in [0.1, 0.15) is 12.8 Å². The van der Waals surface area contributed by atoms with Crippen molar-refractivity contribution in [2.75, 3.05) is 4.90 Å². The Bertz CT molecular complexity index is 573. The molecule has 3 rings (SSSR count). The molecule has 1 aliphatic carbocycles. The SMILES string of the molecule is O=C1[C@H]2CC=CC[C@H]2C(=O)N1c1ccc(Br)cc1Cl. The van der Waals surface area contributed by atoms with Crippen molar-refractivity contribution < 1.29 is 9.59 Å². The monoisotopic (exact) mass is 339 g/mol. The lowest BCUT2D eigenvalue weighted by molar-refractivity contribution is -0.122. The van der Waals surface area contributed by atoms with Gasteiger partial charge in [-0.1, -0.05) is 39.7 Å². The first kappa shape index (κ1) is 12.9. The highest BCUT2D eigenvalue weighted by Gasteiger charge is 2.48. The number of rotatable bonds is 1. The second kappa shape index (κ2) is 4.76. The molecule has 0 bridgehead atoms. The van der Waals surface area contributed by atoms with Crippen molar-refractivity contribution >= 4 is 45.0 Å². The van der Waals surface area contributed by atoms with Crippen LogP contribution in [0, 0.1) is 11.8 Å². The molecule has 0 saturated carbocycles. The molecule has 0 radical (unpaired) electrons. The van der Waals surface area contributed by atoms with Crippen molar-refractivity contribution in [2.24, 2.45) is 11.8 Å². The van der Waals surface area contributed by atoms with Crippen LogP contribution in [0.25, 0.3) is 0 Å². The van der Waals surface area contributed by atoms with Gasteiger partial charge in [0, 0.05) is 4.47 Å². The lowest BCUT2D eigenvalue weighted by atomic mass is 9.85. The van der Waals surface area contributed by atoms with Gasteiger partial charge in [-0.25, -0.2) is 4.90 Å². The smallest absolute Gasteiger partial charge is 0.238 e. The number of hydrogen-bond acceptors (Lipinski definition) is 2. The maximum atomic E-state index is 12.4. The molecule has 2 amide bonds. The molecule has 19 heavy (non-hydrogen) atoms. The third kappa shape index (κ3) is 2.03. The van der Waals surface area contributed by atoms with Crippen LogP contribution < -0.4 is 4.90 Å². The number of imide groups is 1. The topological polar surface area (TPSA) is 37.4 Å². The highest BCUT2D eigenvalue weighted by Crippen LogP contribution is 2.40. The van der Waals surface area contributed by atoms with E-state index in [4.69, 9.17) is 11.6 Å². The van der Waals surface area contributed by atoms with Gasteiger partial charge < -0.3 is 0 Å². The Morgan fingerprint density at radius 3 is 2.21 bits per heavy atom. The Balaban J connectivity index is 2.02. The predicted octanol–water partition coefficient (Wildman–Crippen LogP) is 3.56. The molecule has 0 aromatic heterocycles. The fraction of sp³-hybridized carbons (Fsp3) is 0.286. The maximum Gasteiger partial charge on any atom is 0.238 e. The van der Waals surface area contributed by atoms with E-state index < -0.39 is 0 Å². The average molecular weight is 341 g/mol. The summed E-state index contributed by atoms with van der Waals surface area (Å²) >= 11 is 9.46. The standard InChI is InChI=1S/C14H11BrClNO2/c15-8-5-6-12(11(16)7-8)17-13(18)9-3-1-2-4-10(9)14(17)19/h1-2,5-7,9-10H,3-4H2/t9-,10+. The molecule has 1 aliphatic heterocycles. The van der Waals surface area contributed by atoms with Crippen LogP contribution in [0.5, 0.6) is 0 Å². The predicted molar refractivity (Wildman–Crippen MR) is 77.0 cm³/mol. The zero-order chi connectivity index (χ0) is 13.6. The summed E-state index contributed by atoms with van der Waals surface area (Å²) in [4.78, 5) is 26.0. The van der Waals surface area contributed by atoms with E-state index in [1.54, 1.807) is 18.2 Å². The molecule has 2 atom stereocenters. The zero-order valence-electron chi connectivity index (χ0n) is 9.98. The van der Waals surface area contributed by atoms with Crippen LogP contribution >= 0.6 is 27.5 Å². The number of fused-ring (bicyclic) bond motifs is 1. The first-order valence-corrected chi connectivity index (χ1v) is 7.24. The Labute approximate surface area is 124 Å². The summed E-state index contributed by atoms with van der Waals surface area (Å²) in [5, 5.41) is 0.405. The zero-order valence-corrected chi connectivity index (χ0v) is 12.3. The number of benzene rings is 1. The van der Waals surface area contributed by atoms with Crippen molar-refractivity contribution in [2.45, 2.75) is 12.8 Å². The lowest BCUT2D eigenvalue weighted by Crippen LogP contribution is -2.31. The largest absolute Gasteiger partial charge is 0.274 e. The van der Waals surface area contributed by atoms with Gasteiger partial charge in [-0.2, -0.15) is 0 Å². The van der Waals surface area contributed by atoms with Gasteiger partial charge in [0.05, 0.1) is 22.5 Å².